The van der Waals surface area contributed by atoms with Gasteiger partial charge in [0.05, 0.1) is 20.3 Å². The lowest BCUT2D eigenvalue weighted by molar-refractivity contribution is 0.0958. The maximum atomic E-state index is 11.7. The zero-order valence-electron chi connectivity index (χ0n) is 11.5. The fourth-order valence-corrected chi connectivity index (χ4v) is 1.42. The Morgan fingerprint density at radius 3 is 2.74 bits per heavy atom. The lowest BCUT2D eigenvalue weighted by Crippen LogP contribution is -2.23. The zero-order chi connectivity index (χ0) is 14.3. The third kappa shape index (κ3) is 4.55. The molecule has 0 spiro atoms. The maximum Gasteiger partial charge on any atom is 0.252 e. The van der Waals surface area contributed by atoms with Gasteiger partial charge >= 0.3 is 0 Å². The van der Waals surface area contributed by atoms with Crippen LogP contribution in [-0.2, 0) is 0 Å². The first-order chi connectivity index (χ1) is 9.08. The van der Waals surface area contributed by atoms with E-state index in [0.29, 0.717) is 29.6 Å². The summed E-state index contributed by atoms with van der Waals surface area (Å²) in [5, 5.41) is 2.60. The van der Waals surface area contributed by atoms with Gasteiger partial charge in [0.1, 0.15) is 0 Å². The Morgan fingerprint density at radius 1 is 1.42 bits per heavy atom. The van der Waals surface area contributed by atoms with E-state index in [9.17, 15) is 4.79 Å². The van der Waals surface area contributed by atoms with Crippen LogP contribution in [0.5, 0.6) is 11.5 Å². The molecule has 4 heteroatoms. The van der Waals surface area contributed by atoms with Crippen molar-refractivity contribution in [1.82, 2.24) is 5.32 Å². The molecule has 0 aliphatic rings. The zero-order valence-corrected chi connectivity index (χ0v) is 11.5. The molecule has 0 atom stereocenters. The van der Waals surface area contributed by atoms with Gasteiger partial charge in [0, 0.05) is 5.56 Å². The molecule has 1 N–H and O–H groups in total. The molecule has 0 heterocycles. The first kappa shape index (κ1) is 14.9. The Morgan fingerprint density at radius 2 is 2.16 bits per heavy atom. The molecule has 0 fully saturated rings. The fourth-order valence-electron chi connectivity index (χ4n) is 1.42. The van der Waals surface area contributed by atoms with Crippen molar-refractivity contribution in [3.8, 4) is 23.8 Å². The highest BCUT2D eigenvalue weighted by Gasteiger charge is 2.11. The van der Waals surface area contributed by atoms with E-state index in [4.69, 9.17) is 15.9 Å². The number of hydrogen-bond donors (Lipinski definition) is 1. The topological polar surface area (TPSA) is 47.6 Å². The normalized spacial score (nSPS) is 9.84. The van der Waals surface area contributed by atoms with Crippen molar-refractivity contribution in [3.05, 3.63) is 23.8 Å². The third-order valence-corrected chi connectivity index (χ3v) is 2.35. The Hall–Kier alpha value is -2.15. The van der Waals surface area contributed by atoms with Gasteiger partial charge < -0.3 is 14.8 Å². The molecule has 1 amide bonds. The Kier molecular flexibility index (Phi) is 5.74. The van der Waals surface area contributed by atoms with Gasteiger partial charge in [-0.2, -0.15) is 0 Å². The SMILES string of the molecule is C#CCNC(=O)c1ccc(OCC(C)C)c(OC)c1. The number of hydrogen-bond acceptors (Lipinski definition) is 3. The highest BCUT2D eigenvalue weighted by molar-refractivity contribution is 5.95. The Balaban J connectivity index is 2.83. The highest BCUT2D eigenvalue weighted by Crippen LogP contribution is 2.28. The van der Waals surface area contributed by atoms with Gasteiger partial charge in [-0.3, -0.25) is 4.79 Å². The van der Waals surface area contributed by atoms with Gasteiger partial charge in [-0.25, -0.2) is 0 Å². The number of carbonyl (C=O) groups excluding carboxylic acids is 1. The molecule has 1 aromatic carbocycles. The van der Waals surface area contributed by atoms with Gasteiger partial charge in [-0.1, -0.05) is 19.8 Å². The van der Waals surface area contributed by atoms with Gasteiger partial charge in [-0.05, 0) is 24.1 Å². The predicted molar refractivity (Wildman–Crippen MR) is 74.5 cm³/mol. The second-order valence-corrected chi connectivity index (χ2v) is 4.46. The summed E-state index contributed by atoms with van der Waals surface area (Å²) in [5.41, 5.74) is 0.490. The largest absolute Gasteiger partial charge is 0.493 e. The van der Waals surface area contributed by atoms with Crippen LogP contribution in [0.3, 0.4) is 0 Å². The van der Waals surface area contributed by atoms with Gasteiger partial charge in [0.25, 0.3) is 5.91 Å². The molecule has 0 aliphatic carbocycles. The molecule has 0 saturated heterocycles. The minimum Gasteiger partial charge on any atom is -0.493 e. The molecule has 102 valence electrons. The Labute approximate surface area is 114 Å². The molecule has 0 aromatic heterocycles. The summed E-state index contributed by atoms with van der Waals surface area (Å²) in [6.45, 7) is 4.92. The van der Waals surface area contributed by atoms with E-state index in [1.165, 1.54) is 0 Å². The molecule has 0 saturated carbocycles. The van der Waals surface area contributed by atoms with Crippen LogP contribution >= 0.6 is 0 Å². The van der Waals surface area contributed by atoms with Crippen LogP contribution in [0.2, 0.25) is 0 Å². The van der Waals surface area contributed by atoms with E-state index < -0.39 is 0 Å². The predicted octanol–water partition coefficient (Wildman–Crippen LogP) is 2.09. The molecule has 19 heavy (non-hydrogen) atoms. The number of benzene rings is 1. The molecule has 0 unspecified atom stereocenters. The van der Waals surface area contributed by atoms with Crippen molar-refractivity contribution in [1.29, 1.82) is 0 Å². The summed E-state index contributed by atoms with van der Waals surface area (Å²) in [5.74, 6) is 3.71. The molecule has 1 rings (SSSR count). The highest BCUT2D eigenvalue weighted by atomic mass is 16.5. The van der Waals surface area contributed by atoms with Crippen molar-refractivity contribution in [3.63, 3.8) is 0 Å². The molecule has 1 aromatic rings. The molecule has 0 bridgehead atoms. The monoisotopic (exact) mass is 261 g/mol. The third-order valence-electron chi connectivity index (χ3n) is 2.35. The number of ether oxygens (including phenoxy) is 2. The number of amides is 1. The second-order valence-electron chi connectivity index (χ2n) is 4.46. The van der Waals surface area contributed by atoms with Gasteiger partial charge in [-0.15, -0.1) is 6.42 Å². The standard InChI is InChI=1S/C15H19NO3/c1-5-8-16-15(17)12-6-7-13(14(9-12)18-4)19-10-11(2)3/h1,6-7,9,11H,8,10H2,2-4H3,(H,16,17). The summed E-state index contributed by atoms with van der Waals surface area (Å²) < 4.78 is 10.8. The minimum absolute atomic E-state index is 0.201. The van der Waals surface area contributed by atoms with Crippen LogP contribution in [0.15, 0.2) is 18.2 Å². The summed E-state index contributed by atoms with van der Waals surface area (Å²) in [7, 11) is 1.54. The Bertz CT molecular complexity index is 475. The van der Waals surface area contributed by atoms with E-state index in [1.54, 1.807) is 25.3 Å². The first-order valence-electron chi connectivity index (χ1n) is 6.11. The molecule has 0 radical (unpaired) electrons. The van der Waals surface area contributed by atoms with Crippen LogP contribution in [0.25, 0.3) is 0 Å². The number of terminal acetylenes is 1. The maximum absolute atomic E-state index is 11.7. The summed E-state index contributed by atoms with van der Waals surface area (Å²) in [6, 6.07) is 5.05. The number of methoxy groups -OCH3 is 1. The number of carbonyl (C=O) groups is 1. The van der Waals surface area contributed by atoms with Crippen LogP contribution in [-0.4, -0.2) is 26.2 Å². The van der Waals surface area contributed by atoms with Crippen molar-refractivity contribution in [2.24, 2.45) is 5.92 Å². The van der Waals surface area contributed by atoms with Crippen molar-refractivity contribution in [2.45, 2.75) is 13.8 Å². The van der Waals surface area contributed by atoms with Gasteiger partial charge in [0.15, 0.2) is 11.5 Å². The second kappa shape index (κ2) is 7.32. The fraction of sp³-hybridized carbons (Fsp3) is 0.400. The number of rotatable bonds is 6. The summed E-state index contributed by atoms with van der Waals surface area (Å²) >= 11 is 0. The van der Waals surface area contributed by atoms with E-state index in [1.807, 2.05) is 0 Å². The van der Waals surface area contributed by atoms with Crippen LogP contribution in [0.4, 0.5) is 0 Å². The smallest absolute Gasteiger partial charge is 0.252 e. The molecular weight excluding hydrogens is 242 g/mol. The van der Waals surface area contributed by atoms with Crippen molar-refractivity contribution >= 4 is 5.91 Å². The first-order valence-corrected chi connectivity index (χ1v) is 6.11. The van der Waals surface area contributed by atoms with Crippen LogP contribution in [0.1, 0.15) is 24.2 Å². The van der Waals surface area contributed by atoms with Crippen molar-refractivity contribution in [2.75, 3.05) is 20.3 Å². The van der Waals surface area contributed by atoms with E-state index >= 15 is 0 Å². The van der Waals surface area contributed by atoms with E-state index in [2.05, 4.69) is 25.1 Å². The van der Waals surface area contributed by atoms with E-state index in [-0.39, 0.29) is 12.5 Å². The summed E-state index contributed by atoms with van der Waals surface area (Å²) in [4.78, 5) is 11.7. The lowest BCUT2D eigenvalue weighted by Gasteiger charge is -2.13. The quantitative estimate of drug-likeness (QED) is 0.798. The average molecular weight is 261 g/mol. The molecular formula is C15H19NO3. The lowest BCUT2D eigenvalue weighted by atomic mass is 10.2. The van der Waals surface area contributed by atoms with Crippen LogP contribution in [0, 0.1) is 18.3 Å². The minimum atomic E-state index is -0.230. The number of nitrogens with one attached hydrogen (secondary N) is 1. The molecule has 0 aliphatic heterocycles. The van der Waals surface area contributed by atoms with Crippen LogP contribution < -0.4 is 14.8 Å². The van der Waals surface area contributed by atoms with Gasteiger partial charge in [0.2, 0.25) is 0 Å². The summed E-state index contributed by atoms with van der Waals surface area (Å²) in [6.07, 6.45) is 5.09. The van der Waals surface area contributed by atoms with Crippen molar-refractivity contribution < 1.29 is 14.3 Å². The molecule has 4 nitrogen and oxygen atoms in total. The average Bonchev–Trinajstić information content (AvgIpc) is 2.42. The van der Waals surface area contributed by atoms with E-state index in [0.717, 1.165) is 0 Å².